The van der Waals surface area contributed by atoms with E-state index in [4.69, 9.17) is 17.3 Å². The average Bonchev–Trinajstić information content (AvgIpc) is 3.10. The van der Waals surface area contributed by atoms with E-state index in [0.29, 0.717) is 4.34 Å². The average molecular weight is 469 g/mol. The van der Waals surface area contributed by atoms with Crippen LogP contribution in [0.25, 0.3) is 0 Å². The maximum atomic E-state index is 12.6. The van der Waals surface area contributed by atoms with Crippen molar-refractivity contribution in [2.45, 2.75) is 28.1 Å². The van der Waals surface area contributed by atoms with Crippen LogP contribution in [-0.4, -0.2) is 30.0 Å². The number of thiophene rings is 1. The molecule has 1 amide bonds. The molecule has 0 aliphatic heterocycles. The highest BCUT2D eigenvalue weighted by atomic mass is 35.5. The molecule has 152 valence electrons. The van der Waals surface area contributed by atoms with Gasteiger partial charge in [-0.25, -0.2) is 18.4 Å². The highest BCUT2D eigenvalue weighted by Crippen LogP contribution is 2.32. The molecule has 3 N–H and O–H groups in total. The van der Waals surface area contributed by atoms with E-state index in [2.05, 4.69) is 15.3 Å². The van der Waals surface area contributed by atoms with Crippen LogP contribution >= 0.6 is 34.7 Å². The molecule has 0 saturated carbocycles. The maximum Gasteiger partial charge on any atom is 0.234 e. The van der Waals surface area contributed by atoms with Gasteiger partial charge >= 0.3 is 0 Å². The number of nitrogen functional groups attached to an aromatic ring is 1. The number of halogens is 1. The third-order valence-corrected chi connectivity index (χ3v) is 8.22. The monoisotopic (exact) mass is 468 g/mol. The van der Waals surface area contributed by atoms with Crippen LogP contribution in [0.15, 0.2) is 50.8 Å². The maximum absolute atomic E-state index is 12.6. The Hall–Kier alpha value is -2.14. The lowest BCUT2D eigenvalue weighted by Gasteiger charge is -2.09. The van der Waals surface area contributed by atoms with E-state index in [1.165, 1.54) is 12.1 Å². The first kappa shape index (κ1) is 21.6. The van der Waals surface area contributed by atoms with Gasteiger partial charge < -0.3 is 11.1 Å². The molecule has 3 rings (SSSR count). The smallest absolute Gasteiger partial charge is 0.234 e. The minimum atomic E-state index is -3.85. The summed E-state index contributed by atoms with van der Waals surface area (Å²) in [5.41, 5.74) is 8.58. The number of sulfone groups is 1. The van der Waals surface area contributed by atoms with E-state index in [1.807, 2.05) is 32.0 Å². The zero-order valence-corrected chi connectivity index (χ0v) is 18.7. The number of thioether (sulfide) groups is 1. The van der Waals surface area contributed by atoms with E-state index in [9.17, 15) is 13.2 Å². The molecule has 29 heavy (non-hydrogen) atoms. The Morgan fingerprint density at radius 3 is 2.69 bits per heavy atom. The largest absolute Gasteiger partial charge is 0.382 e. The molecule has 0 radical (unpaired) electrons. The molecule has 0 bridgehead atoms. The van der Waals surface area contributed by atoms with E-state index in [1.54, 1.807) is 0 Å². The van der Waals surface area contributed by atoms with Gasteiger partial charge in [0.1, 0.15) is 14.9 Å². The van der Waals surface area contributed by atoms with Gasteiger partial charge in [-0.05, 0) is 43.2 Å². The summed E-state index contributed by atoms with van der Waals surface area (Å²) in [6, 6.07) is 8.69. The molecule has 7 nitrogen and oxygen atoms in total. The van der Waals surface area contributed by atoms with Gasteiger partial charge in [0.25, 0.3) is 0 Å². The number of rotatable bonds is 6. The van der Waals surface area contributed by atoms with Gasteiger partial charge in [0.15, 0.2) is 5.16 Å². The number of nitrogens with two attached hydrogens (primary N) is 1. The van der Waals surface area contributed by atoms with Gasteiger partial charge in [-0.2, -0.15) is 0 Å². The van der Waals surface area contributed by atoms with E-state index in [0.717, 1.165) is 46.1 Å². The van der Waals surface area contributed by atoms with Crippen molar-refractivity contribution < 1.29 is 13.2 Å². The van der Waals surface area contributed by atoms with Crippen molar-refractivity contribution in [2.24, 2.45) is 0 Å². The lowest BCUT2D eigenvalue weighted by atomic mass is 10.1. The molecule has 0 aliphatic carbocycles. The molecular formula is C18H17ClN4O3S3. The van der Waals surface area contributed by atoms with Crippen molar-refractivity contribution in [1.29, 1.82) is 0 Å². The number of nitrogens with zero attached hydrogens (tertiary/aromatic N) is 2. The minimum Gasteiger partial charge on any atom is -0.382 e. The van der Waals surface area contributed by atoms with Crippen LogP contribution < -0.4 is 11.1 Å². The first-order valence-corrected chi connectivity index (χ1v) is 12.0. The first-order valence-electron chi connectivity index (χ1n) is 8.29. The molecule has 3 aromatic rings. The number of hydrogen-bond acceptors (Lipinski definition) is 8. The van der Waals surface area contributed by atoms with Gasteiger partial charge in [-0.1, -0.05) is 35.5 Å². The van der Waals surface area contributed by atoms with E-state index >= 15 is 0 Å². The summed E-state index contributed by atoms with van der Waals surface area (Å²) >= 11 is 7.81. The zero-order chi connectivity index (χ0) is 21.2. The normalized spacial score (nSPS) is 11.4. The van der Waals surface area contributed by atoms with Crippen molar-refractivity contribution in [2.75, 3.05) is 16.8 Å². The zero-order valence-electron chi connectivity index (χ0n) is 15.5. The lowest BCUT2D eigenvalue weighted by molar-refractivity contribution is -0.113. The number of aromatic nitrogens is 2. The van der Waals surface area contributed by atoms with Crippen molar-refractivity contribution in [3.05, 3.63) is 52.0 Å². The topological polar surface area (TPSA) is 115 Å². The molecular weight excluding hydrogens is 452 g/mol. The second kappa shape index (κ2) is 8.70. The van der Waals surface area contributed by atoms with Gasteiger partial charge in [-0.3, -0.25) is 4.79 Å². The van der Waals surface area contributed by atoms with E-state index < -0.39 is 9.84 Å². The summed E-state index contributed by atoms with van der Waals surface area (Å²) in [5, 5.41) is 3.05. The summed E-state index contributed by atoms with van der Waals surface area (Å²) < 4.78 is 25.7. The van der Waals surface area contributed by atoms with E-state index in [-0.39, 0.29) is 31.7 Å². The number of nitrogens with one attached hydrogen (secondary N) is 1. The van der Waals surface area contributed by atoms with Crippen LogP contribution in [0.4, 0.5) is 11.5 Å². The number of aryl methyl sites for hydroxylation is 2. The number of hydrogen-bond donors (Lipinski definition) is 2. The number of carbonyl (C=O) groups excluding carboxylic acids is 1. The third-order valence-electron chi connectivity index (χ3n) is 3.86. The van der Waals surface area contributed by atoms with Crippen LogP contribution in [0.2, 0.25) is 4.34 Å². The van der Waals surface area contributed by atoms with Crippen molar-refractivity contribution in [1.82, 2.24) is 9.97 Å². The molecule has 0 fully saturated rings. The first-order chi connectivity index (χ1) is 13.7. The van der Waals surface area contributed by atoms with Crippen LogP contribution in [0.5, 0.6) is 0 Å². The van der Waals surface area contributed by atoms with Crippen molar-refractivity contribution >= 4 is 61.9 Å². The van der Waals surface area contributed by atoms with Crippen LogP contribution in [0, 0.1) is 13.8 Å². The summed E-state index contributed by atoms with van der Waals surface area (Å²) in [7, 11) is -3.85. The highest BCUT2D eigenvalue weighted by Gasteiger charge is 2.24. The highest BCUT2D eigenvalue weighted by molar-refractivity contribution is 7.99. The standard InChI is InChI=1S/C18H17ClN4O3S3/c1-10-3-4-11(2)12(7-10)22-15(24)9-27-18-21-8-13(17(20)23-18)29(25,26)16-6-5-14(19)28-16/h3-8H,9H2,1-2H3,(H,22,24)(H2,20,21,23). The minimum absolute atomic E-state index is 0.0550. The fourth-order valence-electron chi connectivity index (χ4n) is 2.38. The van der Waals surface area contributed by atoms with Crippen molar-refractivity contribution in [3.63, 3.8) is 0 Å². The Morgan fingerprint density at radius 1 is 1.28 bits per heavy atom. The van der Waals surface area contributed by atoms with Gasteiger partial charge in [-0.15, -0.1) is 11.3 Å². The quantitative estimate of drug-likeness (QED) is 0.415. The van der Waals surface area contributed by atoms with Gasteiger partial charge in [0.2, 0.25) is 15.7 Å². The van der Waals surface area contributed by atoms with Crippen molar-refractivity contribution in [3.8, 4) is 0 Å². The van der Waals surface area contributed by atoms with Gasteiger partial charge in [0, 0.05) is 5.69 Å². The fourth-order valence-corrected chi connectivity index (χ4v) is 5.87. The molecule has 0 unspecified atom stereocenters. The van der Waals surface area contributed by atoms with Crippen LogP contribution in [0.3, 0.4) is 0 Å². The molecule has 0 spiro atoms. The third kappa shape index (κ3) is 5.08. The predicted molar refractivity (Wildman–Crippen MR) is 116 cm³/mol. The number of anilines is 2. The number of carbonyl (C=O) groups is 1. The van der Waals surface area contributed by atoms with Crippen LogP contribution in [-0.2, 0) is 14.6 Å². The summed E-state index contributed by atoms with van der Waals surface area (Å²) in [5.74, 6) is -0.350. The van der Waals surface area contributed by atoms with Gasteiger partial charge in [0.05, 0.1) is 16.3 Å². The summed E-state index contributed by atoms with van der Waals surface area (Å²) in [4.78, 5) is 20.1. The Balaban J connectivity index is 1.69. The molecule has 0 atom stereocenters. The Labute approximate surface area is 181 Å². The molecule has 1 aromatic carbocycles. The number of benzene rings is 1. The summed E-state index contributed by atoms with van der Waals surface area (Å²) in [6.45, 7) is 3.85. The predicted octanol–water partition coefficient (Wildman–Crippen LogP) is 3.95. The second-order valence-corrected chi connectivity index (χ2v) is 10.9. The molecule has 0 saturated heterocycles. The SMILES string of the molecule is Cc1ccc(C)c(NC(=O)CSc2ncc(S(=O)(=O)c3ccc(Cl)s3)c(N)n2)c1. The molecule has 0 aliphatic rings. The molecule has 2 aromatic heterocycles. The fraction of sp³-hybridized carbons (Fsp3) is 0.167. The Kier molecular flexibility index (Phi) is 6.47. The molecule has 2 heterocycles. The summed E-state index contributed by atoms with van der Waals surface area (Å²) in [6.07, 6.45) is 1.15. The van der Waals surface area contributed by atoms with Crippen LogP contribution in [0.1, 0.15) is 11.1 Å². The Bertz CT molecular complexity index is 1180. The molecule has 11 heteroatoms. The Morgan fingerprint density at radius 2 is 2.03 bits per heavy atom. The second-order valence-electron chi connectivity index (χ2n) is 6.12. The lowest BCUT2D eigenvalue weighted by Crippen LogP contribution is -2.15. The number of amides is 1.